The lowest BCUT2D eigenvalue weighted by Gasteiger charge is -2.38. The number of carbonyl (C=O) groups excluding carboxylic acids is 1. The van der Waals surface area contributed by atoms with Crippen molar-refractivity contribution >= 4 is 17.3 Å². The Labute approximate surface area is 153 Å². The second-order valence-electron chi connectivity index (χ2n) is 6.11. The summed E-state index contributed by atoms with van der Waals surface area (Å²) in [5.41, 5.74) is 3.39. The van der Waals surface area contributed by atoms with E-state index in [1.54, 1.807) is 4.90 Å². The monoisotopic (exact) mass is 344 g/mol. The molecule has 130 valence electrons. The van der Waals surface area contributed by atoms with E-state index in [9.17, 15) is 4.79 Å². The number of para-hydroxylation sites is 1. The molecule has 3 aromatic carbocycles. The SMILES string of the molecule is CCOc1ccc(N2C(=O)c3ccccc3N[C@H]2c2ccccc2)cc1. The third kappa shape index (κ3) is 2.90. The average Bonchev–Trinajstić information content (AvgIpc) is 2.70. The smallest absolute Gasteiger partial charge is 0.262 e. The van der Waals surface area contributed by atoms with Gasteiger partial charge in [0.15, 0.2) is 0 Å². The van der Waals surface area contributed by atoms with Gasteiger partial charge in [-0.05, 0) is 48.9 Å². The fourth-order valence-corrected chi connectivity index (χ4v) is 3.26. The van der Waals surface area contributed by atoms with Crippen LogP contribution in [0.2, 0.25) is 0 Å². The van der Waals surface area contributed by atoms with Crippen molar-refractivity contribution in [3.63, 3.8) is 0 Å². The number of carbonyl (C=O) groups is 1. The number of benzene rings is 3. The van der Waals surface area contributed by atoms with E-state index in [0.717, 1.165) is 22.7 Å². The molecule has 1 amide bonds. The Morgan fingerprint density at radius 3 is 2.35 bits per heavy atom. The van der Waals surface area contributed by atoms with Crippen LogP contribution in [0.4, 0.5) is 11.4 Å². The van der Waals surface area contributed by atoms with E-state index in [-0.39, 0.29) is 12.1 Å². The molecule has 3 aromatic rings. The molecule has 0 aromatic heterocycles. The van der Waals surface area contributed by atoms with Crippen molar-refractivity contribution in [3.8, 4) is 5.75 Å². The van der Waals surface area contributed by atoms with Gasteiger partial charge in [-0.2, -0.15) is 0 Å². The van der Waals surface area contributed by atoms with E-state index in [4.69, 9.17) is 4.74 Å². The molecule has 0 saturated heterocycles. The zero-order valence-electron chi connectivity index (χ0n) is 14.6. The molecule has 0 radical (unpaired) electrons. The van der Waals surface area contributed by atoms with Gasteiger partial charge in [-0.3, -0.25) is 9.69 Å². The maximum Gasteiger partial charge on any atom is 0.262 e. The summed E-state index contributed by atoms with van der Waals surface area (Å²) in [5.74, 6) is 0.780. The van der Waals surface area contributed by atoms with Gasteiger partial charge in [0.25, 0.3) is 5.91 Å². The number of amides is 1. The number of nitrogens with one attached hydrogen (secondary N) is 1. The zero-order chi connectivity index (χ0) is 17.9. The van der Waals surface area contributed by atoms with E-state index in [1.165, 1.54) is 0 Å². The van der Waals surface area contributed by atoms with Crippen LogP contribution >= 0.6 is 0 Å². The third-order valence-electron chi connectivity index (χ3n) is 4.47. The van der Waals surface area contributed by atoms with E-state index in [1.807, 2.05) is 85.8 Å². The highest BCUT2D eigenvalue weighted by Gasteiger charge is 2.33. The fourth-order valence-electron chi connectivity index (χ4n) is 3.26. The molecule has 1 aliphatic heterocycles. The molecular formula is C22H20N2O2. The van der Waals surface area contributed by atoms with Crippen molar-refractivity contribution in [3.05, 3.63) is 90.0 Å². The van der Waals surface area contributed by atoms with Crippen LogP contribution in [0.5, 0.6) is 5.75 Å². The molecule has 0 fully saturated rings. The highest BCUT2D eigenvalue weighted by molar-refractivity contribution is 6.12. The van der Waals surface area contributed by atoms with Crippen LogP contribution in [-0.2, 0) is 0 Å². The van der Waals surface area contributed by atoms with Crippen molar-refractivity contribution in [2.45, 2.75) is 13.1 Å². The number of hydrogen-bond acceptors (Lipinski definition) is 3. The van der Waals surface area contributed by atoms with E-state index in [0.29, 0.717) is 12.2 Å². The van der Waals surface area contributed by atoms with Gasteiger partial charge in [0.2, 0.25) is 0 Å². The topological polar surface area (TPSA) is 41.6 Å². The van der Waals surface area contributed by atoms with Crippen LogP contribution in [0.15, 0.2) is 78.9 Å². The quantitative estimate of drug-likeness (QED) is 0.735. The number of hydrogen-bond donors (Lipinski definition) is 1. The molecule has 0 saturated carbocycles. The predicted octanol–water partition coefficient (Wildman–Crippen LogP) is 4.86. The van der Waals surface area contributed by atoms with Crippen molar-refractivity contribution in [1.29, 1.82) is 0 Å². The summed E-state index contributed by atoms with van der Waals surface area (Å²) in [6.07, 6.45) is -0.267. The standard InChI is InChI=1S/C22H20N2O2/c1-2-26-18-14-12-17(13-15-18)24-21(16-8-4-3-5-9-16)23-20-11-7-6-10-19(20)22(24)25/h3-15,21,23H,2H2,1H3/t21-/m1/s1. The van der Waals surface area contributed by atoms with E-state index in [2.05, 4.69) is 5.32 Å². The Morgan fingerprint density at radius 2 is 1.62 bits per heavy atom. The van der Waals surface area contributed by atoms with Crippen molar-refractivity contribution in [2.24, 2.45) is 0 Å². The van der Waals surface area contributed by atoms with Gasteiger partial charge < -0.3 is 10.1 Å². The number of ether oxygens (including phenoxy) is 1. The molecule has 0 bridgehead atoms. The molecule has 0 unspecified atom stereocenters. The lowest BCUT2D eigenvalue weighted by atomic mass is 10.0. The van der Waals surface area contributed by atoms with Gasteiger partial charge in [0.05, 0.1) is 12.2 Å². The molecule has 1 atom stereocenters. The molecule has 0 aliphatic carbocycles. The predicted molar refractivity (Wildman–Crippen MR) is 104 cm³/mol. The Balaban J connectivity index is 1.79. The summed E-state index contributed by atoms with van der Waals surface area (Å²) in [5, 5.41) is 3.51. The minimum atomic E-state index is -0.267. The minimum Gasteiger partial charge on any atom is -0.494 e. The second kappa shape index (κ2) is 6.92. The normalized spacial score (nSPS) is 16.0. The number of anilines is 2. The molecule has 26 heavy (non-hydrogen) atoms. The van der Waals surface area contributed by atoms with Crippen LogP contribution in [0, 0.1) is 0 Å². The van der Waals surface area contributed by atoms with Crippen LogP contribution in [0.1, 0.15) is 29.0 Å². The van der Waals surface area contributed by atoms with Gasteiger partial charge in [-0.1, -0.05) is 42.5 Å². The van der Waals surface area contributed by atoms with Crippen LogP contribution < -0.4 is 15.0 Å². The minimum absolute atomic E-state index is 0.0163. The number of rotatable bonds is 4. The van der Waals surface area contributed by atoms with E-state index < -0.39 is 0 Å². The van der Waals surface area contributed by atoms with Gasteiger partial charge in [-0.25, -0.2) is 0 Å². The van der Waals surface area contributed by atoms with Crippen LogP contribution in [-0.4, -0.2) is 12.5 Å². The van der Waals surface area contributed by atoms with Gasteiger partial charge in [0.1, 0.15) is 11.9 Å². The molecule has 4 heteroatoms. The Bertz CT molecular complexity index is 907. The van der Waals surface area contributed by atoms with Crippen molar-refractivity contribution in [2.75, 3.05) is 16.8 Å². The van der Waals surface area contributed by atoms with Gasteiger partial charge in [-0.15, -0.1) is 0 Å². The molecule has 1 heterocycles. The summed E-state index contributed by atoms with van der Waals surface area (Å²) in [4.78, 5) is 15.1. The van der Waals surface area contributed by atoms with Crippen LogP contribution in [0.3, 0.4) is 0 Å². The average molecular weight is 344 g/mol. The molecule has 4 rings (SSSR count). The Morgan fingerprint density at radius 1 is 0.923 bits per heavy atom. The van der Waals surface area contributed by atoms with Gasteiger partial charge >= 0.3 is 0 Å². The summed E-state index contributed by atoms with van der Waals surface area (Å²) in [6, 6.07) is 25.3. The number of nitrogens with zero attached hydrogens (tertiary/aromatic N) is 1. The summed E-state index contributed by atoms with van der Waals surface area (Å²) in [7, 11) is 0. The first-order chi connectivity index (χ1) is 12.8. The highest BCUT2D eigenvalue weighted by atomic mass is 16.5. The summed E-state index contributed by atoms with van der Waals surface area (Å²) in [6.45, 7) is 2.57. The first-order valence-corrected chi connectivity index (χ1v) is 8.75. The number of fused-ring (bicyclic) bond motifs is 1. The zero-order valence-corrected chi connectivity index (χ0v) is 14.6. The molecule has 1 N–H and O–H groups in total. The summed E-state index contributed by atoms with van der Waals surface area (Å²) >= 11 is 0. The third-order valence-corrected chi connectivity index (χ3v) is 4.47. The first-order valence-electron chi connectivity index (χ1n) is 8.75. The largest absolute Gasteiger partial charge is 0.494 e. The van der Waals surface area contributed by atoms with Crippen molar-refractivity contribution in [1.82, 2.24) is 0 Å². The first kappa shape index (κ1) is 16.2. The maximum atomic E-state index is 13.3. The molecule has 4 nitrogen and oxygen atoms in total. The lowest BCUT2D eigenvalue weighted by molar-refractivity contribution is 0.0975. The molecular weight excluding hydrogens is 324 g/mol. The fraction of sp³-hybridized carbons (Fsp3) is 0.136. The molecule has 1 aliphatic rings. The molecule has 0 spiro atoms. The highest BCUT2D eigenvalue weighted by Crippen LogP contribution is 2.36. The van der Waals surface area contributed by atoms with Gasteiger partial charge in [0, 0.05) is 11.4 Å². The summed E-state index contributed by atoms with van der Waals surface area (Å²) < 4.78 is 5.52. The van der Waals surface area contributed by atoms with E-state index >= 15 is 0 Å². The Kier molecular flexibility index (Phi) is 4.32. The van der Waals surface area contributed by atoms with Crippen LogP contribution in [0.25, 0.3) is 0 Å². The lowest BCUT2D eigenvalue weighted by Crippen LogP contribution is -2.43. The second-order valence-corrected chi connectivity index (χ2v) is 6.11. The van der Waals surface area contributed by atoms with Crippen molar-refractivity contribution < 1.29 is 9.53 Å². The Hall–Kier alpha value is -3.27. The maximum absolute atomic E-state index is 13.3.